The molecule has 0 aliphatic carbocycles. The summed E-state index contributed by atoms with van der Waals surface area (Å²) in [5.74, 6) is 0. The summed E-state index contributed by atoms with van der Waals surface area (Å²) in [6, 6.07) is 12.8. The van der Waals surface area contributed by atoms with E-state index in [1.807, 2.05) is 35.7 Å². The Labute approximate surface area is 173 Å². The minimum absolute atomic E-state index is 0.0264. The average molecular weight is 416 g/mol. The number of benzene rings is 1. The Morgan fingerprint density at radius 3 is 2.48 bits per heavy atom. The van der Waals surface area contributed by atoms with E-state index in [1.165, 1.54) is 0 Å². The number of epoxide rings is 1. The quantitative estimate of drug-likeness (QED) is 0.470. The number of hydrogen-bond donors (Lipinski definition) is 1. The van der Waals surface area contributed by atoms with Gasteiger partial charge < -0.3 is 23.9 Å². The molecule has 5 atom stereocenters. The molecule has 4 heterocycles. The zero-order chi connectivity index (χ0) is 20.6. The fourth-order valence-electron chi connectivity index (χ4n) is 4.83. The highest BCUT2D eigenvalue weighted by molar-refractivity contribution is 7.13. The smallest absolute Gasteiger partial charge is 0.411 e. The zero-order valence-corrected chi connectivity index (χ0v) is 17.1. The van der Waals surface area contributed by atoms with Crippen LogP contribution in [0.2, 0.25) is 0 Å². The van der Waals surface area contributed by atoms with Crippen molar-refractivity contribution in [1.82, 2.24) is 0 Å². The van der Waals surface area contributed by atoms with Gasteiger partial charge in [0.2, 0.25) is 0 Å². The van der Waals surface area contributed by atoms with Crippen LogP contribution in [0.1, 0.15) is 12.8 Å². The molecule has 3 aliphatic heterocycles. The number of amides is 1. The van der Waals surface area contributed by atoms with Crippen molar-refractivity contribution in [3.05, 3.63) is 41.8 Å². The van der Waals surface area contributed by atoms with Crippen LogP contribution in [0.15, 0.2) is 41.8 Å². The van der Waals surface area contributed by atoms with Crippen LogP contribution in [0, 0.1) is 0 Å². The highest BCUT2D eigenvalue weighted by Crippen LogP contribution is 2.51. The fraction of sp³-hybridized carbons (Fsp3) is 0.429. The van der Waals surface area contributed by atoms with E-state index in [0.717, 1.165) is 33.5 Å². The van der Waals surface area contributed by atoms with Gasteiger partial charge in [0, 0.05) is 29.8 Å². The molecule has 3 fully saturated rings. The zero-order valence-electron chi connectivity index (χ0n) is 16.3. The number of nitrogens with zero attached hydrogens (tertiary/aromatic N) is 1. The van der Waals surface area contributed by atoms with Crippen molar-refractivity contribution in [2.24, 2.45) is 0 Å². The van der Waals surface area contributed by atoms with E-state index >= 15 is 0 Å². The predicted molar refractivity (Wildman–Crippen MR) is 107 cm³/mol. The number of fused-ring (bicyclic) bond motifs is 5. The van der Waals surface area contributed by atoms with E-state index < -0.39 is 6.47 Å². The van der Waals surface area contributed by atoms with Crippen LogP contribution in [0.3, 0.4) is 0 Å². The lowest BCUT2D eigenvalue weighted by atomic mass is 9.96. The molecule has 1 aromatic carbocycles. The molecule has 5 rings (SSSR count). The molecular weight excluding hydrogens is 392 g/mol. The number of thiophene rings is 1. The van der Waals surface area contributed by atoms with E-state index in [-0.39, 0.29) is 12.2 Å². The van der Waals surface area contributed by atoms with Gasteiger partial charge in [0.15, 0.2) is 0 Å². The molecule has 3 saturated heterocycles. The van der Waals surface area contributed by atoms with E-state index in [2.05, 4.69) is 25.5 Å². The number of rotatable bonds is 3. The predicted octanol–water partition coefficient (Wildman–Crippen LogP) is 2.09. The summed E-state index contributed by atoms with van der Waals surface area (Å²) in [7, 11) is 4.55. The van der Waals surface area contributed by atoms with Crippen LogP contribution in [0.4, 0.5) is 10.5 Å². The molecule has 0 unspecified atom stereocenters. The van der Waals surface area contributed by atoms with Gasteiger partial charge >= 0.3 is 6.09 Å². The number of hydrogen-bond acceptors (Lipinski definition) is 6. The van der Waals surface area contributed by atoms with Gasteiger partial charge in [0.1, 0.15) is 30.4 Å². The number of morpholine rings is 1. The molecule has 1 aromatic heterocycles. The van der Waals surface area contributed by atoms with Crippen molar-refractivity contribution >= 4 is 29.6 Å². The Morgan fingerprint density at radius 1 is 1.21 bits per heavy atom. The third kappa shape index (κ3) is 3.75. The summed E-state index contributed by atoms with van der Waals surface area (Å²) >= 11 is 1.66. The van der Waals surface area contributed by atoms with Crippen molar-refractivity contribution < 1.29 is 28.7 Å². The number of anilines is 1. The summed E-state index contributed by atoms with van der Waals surface area (Å²) in [5, 5.41) is 13.2. The number of ether oxygens (including phenoxy) is 2. The Hall–Kier alpha value is -2.42. The molecular formula is C21H24N2O5S. The molecule has 2 aromatic rings. The largest absolute Gasteiger partial charge is 0.554 e. The number of carboxylic acid groups (broad SMARTS) is 1. The molecule has 0 spiro atoms. The lowest BCUT2D eigenvalue weighted by Crippen LogP contribution is -2.60. The number of nitrogens with one attached hydrogen (secondary N) is 1. The van der Waals surface area contributed by atoms with Crippen molar-refractivity contribution in [2.45, 2.75) is 43.2 Å². The van der Waals surface area contributed by atoms with E-state index in [0.29, 0.717) is 24.3 Å². The number of likely N-dealkylation sites (N-methyl/N-ethyl adjacent to an activating group) is 1. The maximum absolute atomic E-state index is 12.5. The Balaban J connectivity index is 0.000000645. The molecule has 0 saturated carbocycles. The highest BCUT2D eigenvalue weighted by atomic mass is 32.1. The van der Waals surface area contributed by atoms with Crippen molar-refractivity contribution in [3.63, 3.8) is 0 Å². The van der Waals surface area contributed by atoms with Crippen LogP contribution < -0.4 is 10.4 Å². The number of quaternary nitrogens is 1. The molecule has 7 nitrogen and oxygen atoms in total. The van der Waals surface area contributed by atoms with E-state index in [9.17, 15) is 4.79 Å². The molecule has 8 heteroatoms. The highest BCUT2D eigenvalue weighted by Gasteiger charge is 2.70. The number of piperidine rings is 1. The first-order valence-electron chi connectivity index (χ1n) is 9.60. The molecule has 154 valence electrons. The van der Waals surface area contributed by atoms with Crippen LogP contribution >= 0.6 is 11.3 Å². The van der Waals surface area contributed by atoms with E-state index in [1.54, 1.807) is 11.3 Å². The van der Waals surface area contributed by atoms with Gasteiger partial charge in [-0.1, -0.05) is 24.3 Å². The first-order valence-corrected chi connectivity index (χ1v) is 10.5. The normalized spacial score (nSPS) is 30.3. The second-order valence-corrected chi connectivity index (χ2v) is 9.02. The van der Waals surface area contributed by atoms with E-state index in [4.69, 9.17) is 19.4 Å². The molecule has 29 heavy (non-hydrogen) atoms. The summed E-state index contributed by atoms with van der Waals surface area (Å²) in [4.78, 5) is 21.9. The second-order valence-electron chi connectivity index (χ2n) is 8.07. The summed E-state index contributed by atoms with van der Waals surface area (Å²) in [6.07, 6.45) is 2.11. The van der Waals surface area contributed by atoms with Crippen LogP contribution in [-0.2, 0) is 14.3 Å². The van der Waals surface area contributed by atoms with Crippen LogP contribution in [0.5, 0.6) is 0 Å². The summed E-state index contributed by atoms with van der Waals surface area (Å²) < 4.78 is 12.6. The minimum Gasteiger partial charge on any atom is -0.554 e. The molecule has 1 amide bonds. The van der Waals surface area contributed by atoms with Gasteiger partial charge in [0.25, 0.3) is 0 Å². The second kappa shape index (κ2) is 7.78. The summed E-state index contributed by atoms with van der Waals surface area (Å²) in [5.41, 5.74) is 1.82. The van der Waals surface area contributed by atoms with Gasteiger partial charge in [-0.25, -0.2) is 4.79 Å². The van der Waals surface area contributed by atoms with Crippen molar-refractivity contribution in [3.8, 4) is 10.4 Å². The fourth-order valence-corrected chi connectivity index (χ4v) is 5.60. The minimum atomic E-state index is -0.500. The van der Waals surface area contributed by atoms with Crippen molar-refractivity contribution in [1.29, 1.82) is 0 Å². The average Bonchev–Trinajstić information content (AvgIpc) is 3.23. The Morgan fingerprint density at radius 2 is 1.86 bits per heavy atom. The monoisotopic (exact) mass is 416 g/mol. The first kappa shape index (κ1) is 19.9. The maximum Gasteiger partial charge on any atom is 0.411 e. The Kier molecular flexibility index (Phi) is 5.33. The lowest BCUT2D eigenvalue weighted by Gasteiger charge is -2.45. The first-order chi connectivity index (χ1) is 14.0. The lowest BCUT2D eigenvalue weighted by molar-refractivity contribution is -0.938. The topological polar surface area (TPSA) is 91.0 Å². The number of carbonyl (C=O) groups excluding carboxylic acids is 2. The Bertz CT molecular complexity index is 865. The third-order valence-electron chi connectivity index (χ3n) is 6.26. The molecule has 1 N–H and O–H groups in total. The van der Waals surface area contributed by atoms with Gasteiger partial charge in [-0.15, -0.1) is 11.3 Å². The molecule has 2 bridgehead atoms. The van der Waals surface area contributed by atoms with Crippen LogP contribution in [0.25, 0.3) is 10.4 Å². The molecule has 3 aliphatic rings. The van der Waals surface area contributed by atoms with Crippen LogP contribution in [-0.4, -0.2) is 61.5 Å². The standard InChI is InChI=1S/C20H22N2O3S.CH2O2/c1-22(2)15-10-12(11-16(22)19-18(15)25-19)24-20(23)21-14-7-4-3-6-13(14)17-8-5-9-26-17;2-1-3/h3-9,12,15-16,18-19H,10-11H2,1-2H3;1H,(H,2,3)/t12-,15-,16+,18-,19+;. The maximum atomic E-state index is 12.5. The third-order valence-corrected chi connectivity index (χ3v) is 7.17. The number of carbonyl (C=O) groups is 2. The number of para-hydroxylation sites is 1. The molecule has 0 radical (unpaired) electrons. The van der Waals surface area contributed by atoms with Gasteiger partial charge in [0.05, 0.1) is 19.8 Å². The van der Waals surface area contributed by atoms with Gasteiger partial charge in [-0.3, -0.25) is 5.32 Å². The van der Waals surface area contributed by atoms with Gasteiger partial charge in [-0.2, -0.15) is 0 Å². The summed E-state index contributed by atoms with van der Waals surface area (Å²) in [6.45, 7) is -0.500. The van der Waals surface area contributed by atoms with Crippen molar-refractivity contribution in [2.75, 3.05) is 19.4 Å². The SMILES string of the molecule is C[N+]1(C)[C@@H]2C[C@@H](OC(=O)Nc3ccccc3-c3cccs3)C[C@H]1[C@@H]1O[C@@H]12.O=C[O-]. The van der Waals surface area contributed by atoms with Gasteiger partial charge in [-0.05, 0) is 17.5 Å².